The predicted molar refractivity (Wildman–Crippen MR) is 70.8 cm³/mol. The van der Waals surface area contributed by atoms with Crippen molar-refractivity contribution >= 4 is 10.8 Å². The van der Waals surface area contributed by atoms with Gasteiger partial charge in [-0.3, -0.25) is 4.21 Å². The highest BCUT2D eigenvalue weighted by Gasteiger charge is 2.20. The first-order chi connectivity index (χ1) is 8.31. The maximum Gasteiger partial charge on any atom is 0.124 e. The molecule has 3 nitrogen and oxygen atoms in total. The zero-order valence-corrected chi connectivity index (χ0v) is 11.0. The lowest BCUT2D eigenvalue weighted by Crippen LogP contribution is -2.30. The maximum atomic E-state index is 11.3. The average molecular weight is 253 g/mol. The molecule has 1 aromatic carbocycles. The number of nitrogens with one attached hydrogen (secondary N) is 1. The fourth-order valence-corrected chi connectivity index (χ4v) is 2.68. The summed E-state index contributed by atoms with van der Waals surface area (Å²) >= 11 is 0. The number of ether oxygens (including phenoxy) is 1. The Morgan fingerprint density at radius 2 is 2.29 bits per heavy atom. The molecule has 94 valence electrons. The Hall–Kier alpha value is -0.870. The molecule has 0 fully saturated rings. The highest BCUT2D eigenvalue weighted by molar-refractivity contribution is 7.84. The molecule has 1 heterocycles. The van der Waals surface area contributed by atoms with Crippen LogP contribution < -0.4 is 10.1 Å². The van der Waals surface area contributed by atoms with E-state index in [1.807, 2.05) is 25.1 Å². The van der Waals surface area contributed by atoms with E-state index in [1.165, 1.54) is 5.56 Å². The highest BCUT2D eigenvalue weighted by Crippen LogP contribution is 2.31. The van der Waals surface area contributed by atoms with E-state index < -0.39 is 10.8 Å². The Bertz CT molecular complexity index is 395. The van der Waals surface area contributed by atoms with Gasteiger partial charge in [0.05, 0.1) is 6.61 Å². The molecule has 0 saturated heterocycles. The molecule has 0 saturated carbocycles. The number of fused-ring (bicyclic) bond motifs is 1. The number of para-hydroxylation sites is 1. The summed E-state index contributed by atoms with van der Waals surface area (Å²) in [7, 11) is -0.683. The minimum Gasteiger partial charge on any atom is -0.493 e. The summed E-state index contributed by atoms with van der Waals surface area (Å²) < 4.78 is 16.9. The van der Waals surface area contributed by atoms with Crippen LogP contribution in [0.1, 0.15) is 24.9 Å². The summed E-state index contributed by atoms with van der Waals surface area (Å²) in [5.41, 5.74) is 1.22. The molecule has 1 aromatic rings. The van der Waals surface area contributed by atoms with E-state index >= 15 is 0 Å². The van der Waals surface area contributed by atoms with E-state index in [9.17, 15) is 4.21 Å². The van der Waals surface area contributed by atoms with Crippen LogP contribution in [0.3, 0.4) is 0 Å². The molecule has 2 unspecified atom stereocenters. The summed E-state index contributed by atoms with van der Waals surface area (Å²) in [5, 5.41) is 3.47. The van der Waals surface area contributed by atoms with Crippen LogP contribution in [-0.4, -0.2) is 28.9 Å². The average Bonchev–Trinajstić information content (AvgIpc) is 2.39. The van der Waals surface area contributed by atoms with Gasteiger partial charge in [0.1, 0.15) is 5.75 Å². The lowest BCUT2D eigenvalue weighted by Gasteiger charge is -2.26. The van der Waals surface area contributed by atoms with Crippen LogP contribution in [0.2, 0.25) is 0 Å². The van der Waals surface area contributed by atoms with Gasteiger partial charge in [0.2, 0.25) is 0 Å². The summed E-state index contributed by atoms with van der Waals surface area (Å²) in [6, 6.07) is 8.48. The molecule has 2 rings (SSSR count). The van der Waals surface area contributed by atoms with E-state index in [0.29, 0.717) is 6.04 Å². The van der Waals surface area contributed by atoms with Gasteiger partial charge in [-0.1, -0.05) is 25.1 Å². The third kappa shape index (κ3) is 3.30. The van der Waals surface area contributed by atoms with Gasteiger partial charge >= 0.3 is 0 Å². The second-order valence-corrected chi connectivity index (χ2v) is 5.98. The van der Waals surface area contributed by atoms with Crippen molar-refractivity contribution in [2.45, 2.75) is 19.4 Å². The number of hydrogen-bond donors (Lipinski definition) is 1. The Morgan fingerprint density at radius 3 is 3.12 bits per heavy atom. The third-order valence-electron chi connectivity index (χ3n) is 3.00. The topological polar surface area (TPSA) is 38.3 Å². The van der Waals surface area contributed by atoms with Crippen molar-refractivity contribution in [1.29, 1.82) is 0 Å². The summed E-state index contributed by atoms with van der Waals surface area (Å²) in [6.07, 6.45) is 0.982. The van der Waals surface area contributed by atoms with Crippen LogP contribution in [0, 0.1) is 0 Å². The maximum absolute atomic E-state index is 11.3. The second kappa shape index (κ2) is 6.17. The fraction of sp³-hybridized carbons (Fsp3) is 0.538. The normalized spacial score (nSPS) is 20.4. The van der Waals surface area contributed by atoms with Gasteiger partial charge < -0.3 is 10.1 Å². The predicted octanol–water partition coefficient (Wildman–Crippen LogP) is 1.87. The molecule has 0 amide bonds. The SMILES string of the molecule is CCS(=O)CCNC1CCOc2ccccc21. The summed E-state index contributed by atoms with van der Waals surface area (Å²) in [6.45, 7) is 3.52. The molecule has 2 atom stereocenters. The molecule has 0 radical (unpaired) electrons. The molecule has 1 N–H and O–H groups in total. The minimum absolute atomic E-state index is 0.341. The Balaban J connectivity index is 1.92. The van der Waals surface area contributed by atoms with Crippen LogP contribution in [0.4, 0.5) is 0 Å². The number of rotatable bonds is 5. The lowest BCUT2D eigenvalue weighted by atomic mass is 10.0. The Morgan fingerprint density at radius 1 is 1.47 bits per heavy atom. The first-order valence-electron chi connectivity index (χ1n) is 6.11. The first kappa shape index (κ1) is 12.6. The van der Waals surface area contributed by atoms with Gasteiger partial charge in [-0.05, 0) is 6.07 Å². The highest BCUT2D eigenvalue weighted by atomic mass is 32.2. The standard InChI is InChI=1S/C13H19NO2S/c1-2-17(15)10-8-14-12-7-9-16-13-6-4-3-5-11(12)13/h3-6,12,14H,2,7-10H2,1H3. The van der Waals surface area contributed by atoms with E-state index in [1.54, 1.807) is 0 Å². The zero-order valence-electron chi connectivity index (χ0n) is 10.1. The van der Waals surface area contributed by atoms with Crippen molar-refractivity contribution in [2.75, 3.05) is 24.7 Å². The van der Waals surface area contributed by atoms with Crippen molar-refractivity contribution in [1.82, 2.24) is 5.32 Å². The summed E-state index contributed by atoms with van der Waals surface area (Å²) in [4.78, 5) is 0. The molecular weight excluding hydrogens is 234 g/mol. The van der Waals surface area contributed by atoms with E-state index in [2.05, 4.69) is 11.4 Å². The quantitative estimate of drug-likeness (QED) is 0.870. The lowest BCUT2D eigenvalue weighted by molar-refractivity contribution is 0.254. The number of hydrogen-bond acceptors (Lipinski definition) is 3. The second-order valence-electron chi connectivity index (χ2n) is 4.11. The molecule has 1 aliphatic rings. The van der Waals surface area contributed by atoms with Gasteiger partial charge in [-0.15, -0.1) is 0 Å². The summed E-state index contributed by atoms with van der Waals surface area (Å²) in [5.74, 6) is 2.45. The van der Waals surface area contributed by atoms with Crippen molar-refractivity contribution in [3.63, 3.8) is 0 Å². The van der Waals surface area contributed by atoms with Crippen molar-refractivity contribution in [2.24, 2.45) is 0 Å². The number of benzene rings is 1. The Labute approximate surface area is 105 Å². The third-order valence-corrected chi connectivity index (χ3v) is 4.30. The Kier molecular flexibility index (Phi) is 4.57. The zero-order chi connectivity index (χ0) is 12.1. The first-order valence-corrected chi connectivity index (χ1v) is 7.60. The minimum atomic E-state index is -0.683. The van der Waals surface area contributed by atoms with Crippen LogP contribution in [0.25, 0.3) is 0 Å². The van der Waals surface area contributed by atoms with Crippen molar-refractivity contribution < 1.29 is 8.95 Å². The fourth-order valence-electron chi connectivity index (χ4n) is 2.05. The van der Waals surface area contributed by atoms with Crippen molar-refractivity contribution in [3.8, 4) is 5.75 Å². The molecule has 0 bridgehead atoms. The van der Waals surface area contributed by atoms with Gasteiger partial charge in [0, 0.05) is 46.9 Å². The molecule has 1 aliphatic heterocycles. The van der Waals surface area contributed by atoms with Gasteiger partial charge in [0.15, 0.2) is 0 Å². The van der Waals surface area contributed by atoms with Gasteiger partial charge in [-0.25, -0.2) is 0 Å². The van der Waals surface area contributed by atoms with Crippen LogP contribution >= 0.6 is 0 Å². The molecule has 0 spiro atoms. The monoisotopic (exact) mass is 253 g/mol. The molecule has 0 aliphatic carbocycles. The molecule has 0 aromatic heterocycles. The molecule has 17 heavy (non-hydrogen) atoms. The van der Waals surface area contributed by atoms with Crippen LogP contribution in [-0.2, 0) is 10.8 Å². The smallest absolute Gasteiger partial charge is 0.124 e. The van der Waals surface area contributed by atoms with Crippen LogP contribution in [0.15, 0.2) is 24.3 Å². The van der Waals surface area contributed by atoms with E-state index in [0.717, 1.165) is 36.8 Å². The van der Waals surface area contributed by atoms with Crippen LogP contribution in [0.5, 0.6) is 5.75 Å². The van der Waals surface area contributed by atoms with E-state index in [-0.39, 0.29) is 0 Å². The van der Waals surface area contributed by atoms with Gasteiger partial charge in [0.25, 0.3) is 0 Å². The van der Waals surface area contributed by atoms with E-state index in [4.69, 9.17) is 4.74 Å². The molecule has 4 heteroatoms. The van der Waals surface area contributed by atoms with Crippen molar-refractivity contribution in [3.05, 3.63) is 29.8 Å². The van der Waals surface area contributed by atoms with Gasteiger partial charge in [-0.2, -0.15) is 0 Å². The molecular formula is C13H19NO2S. The largest absolute Gasteiger partial charge is 0.493 e.